The van der Waals surface area contributed by atoms with E-state index in [2.05, 4.69) is 10.1 Å². The van der Waals surface area contributed by atoms with E-state index in [-0.39, 0.29) is 11.8 Å². The molecule has 0 unspecified atom stereocenters. The van der Waals surface area contributed by atoms with Gasteiger partial charge < -0.3 is 14.5 Å². The number of carbonyl (C=O) groups excluding carboxylic acids is 2. The van der Waals surface area contributed by atoms with Crippen molar-refractivity contribution in [3.8, 4) is 0 Å². The maximum Gasteiger partial charge on any atom is 0.272 e. The van der Waals surface area contributed by atoms with E-state index in [9.17, 15) is 18.4 Å². The van der Waals surface area contributed by atoms with E-state index in [0.29, 0.717) is 55.7 Å². The zero-order valence-electron chi connectivity index (χ0n) is 17.7. The molecule has 8 nitrogen and oxygen atoms in total. The molecular formula is C23H21F2N5O3. The third-order valence-corrected chi connectivity index (χ3v) is 6.92. The largest absolute Gasteiger partial charge is 0.342 e. The van der Waals surface area contributed by atoms with Crippen LogP contribution in [0.4, 0.5) is 8.78 Å². The van der Waals surface area contributed by atoms with Crippen molar-refractivity contribution in [3.05, 3.63) is 65.6 Å². The summed E-state index contributed by atoms with van der Waals surface area (Å²) in [5.41, 5.74) is 0.350. The van der Waals surface area contributed by atoms with Gasteiger partial charge in [-0.3, -0.25) is 9.59 Å². The van der Waals surface area contributed by atoms with Crippen LogP contribution in [-0.2, 0) is 9.53 Å². The summed E-state index contributed by atoms with van der Waals surface area (Å²) in [5.74, 6) is -1.69. The van der Waals surface area contributed by atoms with Gasteiger partial charge in [0, 0.05) is 44.3 Å². The monoisotopic (exact) mass is 453 g/mol. The van der Waals surface area contributed by atoms with Crippen molar-refractivity contribution in [1.29, 1.82) is 0 Å². The molecule has 10 heteroatoms. The summed E-state index contributed by atoms with van der Waals surface area (Å²) >= 11 is 0. The van der Waals surface area contributed by atoms with Crippen LogP contribution in [0.25, 0.3) is 5.65 Å². The SMILES string of the molecule is O=C(c1ccn2nccc2n1)N1CCC2(CC1)O[C@@H]1CC[C@@H](c3cc(F)cc(F)c3)N1C2=O. The van der Waals surface area contributed by atoms with Crippen LogP contribution in [0.5, 0.6) is 0 Å². The Hall–Kier alpha value is -3.40. The zero-order chi connectivity index (χ0) is 22.7. The number of benzene rings is 1. The Morgan fingerprint density at radius 1 is 1.09 bits per heavy atom. The second kappa shape index (κ2) is 7.31. The highest BCUT2D eigenvalue weighted by atomic mass is 19.1. The summed E-state index contributed by atoms with van der Waals surface area (Å²) in [5, 5.41) is 4.08. The number of piperidine rings is 1. The first-order chi connectivity index (χ1) is 15.9. The number of likely N-dealkylation sites (tertiary alicyclic amines) is 1. The van der Waals surface area contributed by atoms with Gasteiger partial charge in [-0.2, -0.15) is 5.10 Å². The number of aromatic nitrogens is 3. The molecule has 0 saturated carbocycles. The number of hydrogen-bond acceptors (Lipinski definition) is 5. The van der Waals surface area contributed by atoms with Crippen LogP contribution < -0.4 is 0 Å². The molecule has 2 amide bonds. The van der Waals surface area contributed by atoms with Crippen molar-refractivity contribution in [1.82, 2.24) is 24.4 Å². The molecule has 2 aromatic heterocycles. The Morgan fingerprint density at radius 2 is 1.85 bits per heavy atom. The normalized spacial score (nSPS) is 24.1. The van der Waals surface area contributed by atoms with Crippen molar-refractivity contribution >= 4 is 17.5 Å². The van der Waals surface area contributed by atoms with Gasteiger partial charge in [0.25, 0.3) is 11.8 Å². The van der Waals surface area contributed by atoms with Crippen LogP contribution in [-0.4, -0.2) is 61.1 Å². The summed E-state index contributed by atoms with van der Waals surface area (Å²) in [6, 6.07) is 6.31. The lowest BCUT2D eigenvalue weighted by Gasteiger charge is -2.37. The summed E-state index contributed by atoms with van der Waals surface area (Å²) in [7, 11) is 0. The van der Waals surface area contributed by atoms with Gasteiger partial charge >= 0.3 is 0 Å². The smallest absolute Gasteiger partial charge is 0.272 e. The van der Waals surface area contributed by atoms with Gasteiger partial charge in [-0.1, -0.05) is 0 Å². The highest BCUT2D eigenvalue weighted by Crippen LogP contribution is 2.47. The summed E-state index contributed by atoms with van der Waals surface area (Å²) in [4.78, 5) is 34.1. The summed E-state index contributed by atoms with van der Waals surface area (Å²) in [6.45, 7) is 0.715. The molecule has 6 rings (SSSR count). The van der Waals surface area contributed by atoms with E-state index in [0.717, 1.165) is 6.07 Å². The minimum atomic E-state index is -1.01. The third-order valence-electron chi connectivity index (χ3n) is 6.92. The van der Waals surface area contributed by atoms with Crippen LogP contribution in [0.1, 0.15) is 47.8 Å². The first-order valence-electron chi connectivity index (χ1n) is 11.0. The fourth-order valence-corrected chi connectivity index (χ4v) is 5.30. The van der Waals surface area contributed by atoms with Crippen molar-refractivity contribution in [2.75, 3.05) is 13.1 Å². The Balaban J connectivity index is 1.18. The first-order valence-corrected chi connectivity index (χ1v) is 11.0. The van der Waals surface area contributed by atoms with Gasteiger partial charge in [-0.25, -0.2) is 18.3 Å². The number of carbonyl (C=O) groups is 2. The molecule has 2 atom stereocenters. The fraction of sp³-hybridized carbons (Fsp3) is 0.391. The summed E-state index contributed by atoms with van der Waals surface area (Å²) < 4.78 is 35.4. The van der Waals surface area contributed by atoms with Gasteiger partial charge in [-0.05, 0) is 36.6 Å². The van der Waals surface area contributed by atoms with Crippen molar-refractivity contribution in [2.45, 2.75) is 43.6 Å². The molecule has 1 spiro atoms. The zero-order valence-corrected chi connectivity index (χ0v) is 17.7. The lowest BCUT2D eigenvalue weighted by molar-refractivity contribution is -0.142. The predicted molar refractivity (Wildman–Crippen MR) is 111 cm³/mol. The molecule has 3 aliphatic rings. The number of nitrogens with zero attached hydrogens (tertiary/aromatic N) is 5. The highest BCUT2D eigenvalue weighted by Gasteiger charge is 2.58. The quantitative estimate of drug-likeness (QED) is 0.596. The van der Waals surface area contributed by atoms with Crippen LogP contribution in [0.3, 0.4) is 0 Å². The summed E-state index contributed by atoms with van der Waals surface area (Å²) in [6.07, 6.45) is 4.81. The molecule has 170 valence electrons. The lowest BCUT2D eigenvalue weighted by atomic mass is 9.89. The van der Waals surface area contributed by atoms with Gasteiger partial charge in [0.15, 0.2) is 11.2 Å². The standard InChI is InChI=1S/C23H21F2N5O3/c24-15-11-14(12-16(25)13-15)18-1-2-20-30(18)22(32)23(33-20)5-9-28(10-6-23)21(31)17-4-8-29-19(27-17)3-7-26-29/h3-4,7-8,11-13,18,20H,1-2,5-6,9-10H2/t18-,20+/m0/s1. The topological polar surface area (TPSA) is 80.0 Å². The fourth-order valence-electron chi connectivity index (χ4n) is 5.30. The second-order valence-electron chi connectivity index (χ2n) is 8.81. The highest BCUT2D eigenvalue weighted by molar-refractivity contribution is 5.93. The number of halogens is 2. The van der Waals surface area contributed by atoms with Crippen molar-refractivity contribution in [2.24, 2.45) is 0 Å². The molecule has 1 aromatic carbocycles. The predicted octanol–water partition coefficient (Wildman–Crippen LogP) is 2.70. The molecule has 3 aliphatic heterocycles. The average molecular weight is 453 g/mol. The van der Waals surface area contributed by atoms with E-state index < -0.39 is 29.5 Å². The van der Waals surface area contributed by atoms with E-state index in [1.165, 1.54) is 12.1 Å². The maximum absolute atomic E-state index is 13.8. The van der Waals surface area contributed by atoms with Gasteiger partial charge in [0.05, 0.1) is 12.2 Å². The minimum Gasteiger partial charge on any atom is -0.342 e. The number of rotatable bonds is 2. The van der Waals surface area contributed by atoms with Crippen LogP contribution in [0.15, 0.2) is 42.7 Å². The van der Waals surface area contributed by atoms with E-state index in [4.69, 9.17) is 4.74 Å². The lowest BCUT2D eigenvalue weighted by Crippen LogP contribution is -2.51. The van der Waals surface area contributed by atoms with Crippen molar-refractivity contribution < 1.29 is 23.1 Å². The molecule has 0 N–H and O–H groups in total. The molecule has 0 radical (unpaired) electrons. The third kappa shape index (κ3) is 3.19. The second-order valence-corrected chi connectivity index (χ2v) is 8.81. The Labute approximate surface area is 187 Å². The van der Waals surface area contributed by atoms with Crippen LogP contribution >= 0.6 is 0 Å². The van der Waals surface area contributed by atoms with E-state index in [1.54, 1.807) is 38.8 Å². The number of hydrogen-bond donors (Lipinski definition) is 0. The average Bonchev–Trinajstić information content (AvgIpc) is 3.49. The molecule has 0 aliphatic carbocycles. The molecule has 3 fully saturated rings. The van der Waals surface area contributed by atoms with E-state index >= 15 is 0 Å². The van der Waals surface area contributed by atoms with E-state index in [1.807, 2.05) is 0 Å². The van der Waals surface area contributed by atoms with Gasteiger partial charge in [0.1, 0.15) is 23.6 Å². The number of amides is 2. The number of fused-ring (bicyclic) bond motifs is 2. The molecule has 3 aromatic rings. The van der Waals surface area contributed by atoms with Crippen molar-refractivity contribution in [3.63, 3.8) is 0 Å². The number of ether oxygens (including phenoxy) is 1. The molecule has 5 heterocycles. The maximum atomic E-state index is 13.8. The van der Waals surface area contributed by atoms with Crippen LogP contribution in [0.2, 0.25) is 0 Å². The Bertz CT molecular complexity index is 1250. The Morgan fingerprint density at radius 3 is 2.61 bits per heavy atom. The molecular weight excluding hydrogens is 432 g/mol. The molecule has 0 bridgehead atoms. The van der Waals surface area contributed by atoms with Gasteiger partial charge in [-0.15, -0.1) is 0 Å². The van der Waals surface area contributed by atoms with Gasteiger partial charge in [0.2, 0.25) is 0 Å². The molecule has 33 heavy (non-hydrogen) atoms. The van der Waals surface area contributed by atoms with Crippen LogP contribution in [0, 0.1) is 11.6 Å². The first kappa shape index (κ1) is 20.2. The molecule has 3 saturated heterocycles. The Kier molecular flexibility index (Phi) is 4.48. The minimum absolute atomic E-state index is 0.162.